The molecule has 0 heterocycles. The molecule has 0 aliphatic rings. The Morgan fingerprint density at radius 3 is 2.60 bits per heavy atom. The van der Waals surface area contributed by atoms with Crippen molar-refractivity contribution in [2.45, 2.75) is 20.0 Å². The third-order valence-electron chi connectivity index (χ3n) is 1.65. The second kappa shape index (κ2) is 4.47. The Bertz CT molecular complexity index is 418. The van der Waals surface area contributed by atoms with Crippen molar-refractivity contribution >= 4 is 5.97 Å². The van der Waals surface area contributed by atoms with Crippen molar-refractivity contribution < 1.29 is 14.6 Å². The molecule has 0 unspecified atom stereocenters. The van der Waals surface area contributed by atoms with Crippen LogP contribution in [-0.4, -0.2) is 17.2 Å². The van der Waals surface area contributed by atoms with Crippen LogP contribution in [0.3, 0.4) is 0 Å². The van der Waals surface area contributed by atoms with E-state index in [9.17, 15) is 4.79 Å². The van der Waals surface area contributed by atoms with E-state index in [2.05, 4.69) is 0 Å². The standard InChI is InChI=1S/C11H11NO3/c1-7(2)15-10-4-8(6-12)3-9(5-10)11(13)14/h3-5,7H,1-2H3,(H,13,14). The molecule has 0 aliphatic carbocycles. The van der Waals surface area contributed by atoms with E-state index in [1.165, 1.54) is 18.2 Å². The van der Waals surface area contributed by atoms with Crippen molar-refractivity contribution in [2.75, 3.05) is 0 Å². The molecule has 0 aliphatic heterocycles. The topological polar surface area (TPSA) is 70.3 Å². The molecule has 1 N–H and O–H groups in total. The number of nitriles is 1. The summed E-state index contributed by atoms with van der Waals surface area (Å²) in [5, 5.41) is 17.5. The van der Waals surface area contributed by atoms with E-state index in [-0.39, 0.29) is 17.2 Å². The van der Waals surface area contributed by atoms with Crippen LogP contribution in [0.2, 0.25) is 0 Å². The number of rotatable bonds is 3. The third kappa shape index (κ3) is 2.99. The Labute approximate surface area is 87.7 Å². The zero-order chi connectivity index (χ0) is 11.4. The zero-order valence-corrected chi connectivity index (χ0v) is 8.52. The third-order valence-corrected chi connectivity index (χ3v) is 1.65. The first-order valence-electron chi connectivity index (χ1n) is 4.48. The molecule has 0 saturated heterocycles. The summed E-state index contributed by atoms with van der Waals surface area (Å²) in [7, 11) is 0. The molecular formula is C11H11NO3. The Kier molecular flexibility index (Phi) is 3.29. The quantitative estimate of drug-likeness (QED) is 0.819. The molecule has 4 heteroatoms. The molecular weight excluding hydrogens is 194 g/mol. The summed E-state index contributed by atoms with van der Waals surface area (Å²) in [6.07, 6.45) is -0.0550. The van der Waals surface area contributed by atoms with Gasteiger partial charge in [-0.1, -0.05) is 0 Å². The maximum Gasteiger partial charge on any atom is 0.335 e. The van der Waals surface area contributed by atoms with Gasteiger partial charge < -0.3 is 9.84 Å². The van der Waals surface area contributed by atoms with Gasteiger partial charge in [-0.25, -0.2) is 4.79 Å². The second-order valence-corrected chi connectivity index (χ2v) is 3.33. The van der Waals surface area contributed by atoms with E-state index in [0.29, 0.717) is 5.75 Å². The zero-order valence-electron chi connectivity index (χ0n) is 8.52. The molecule has 15 heavy (non-hydrogen) atoms. The predicted octanol–water partition coefficient (Wildman–Crippen LogP) is 2.04. The van der Waals surface area contributed by atoms with Crippen LogP contribution in [0.4, 0.5) is 0 Å². The number of benzene rings is 1. The van der Waals surface area contributed by atoms with E-state index in [4.69, 9.17) is 15.1 Å². The molecule has 0 aromatic heterocycles. The summed E-state index contributed by atoms with van der Waals surface area (Å²) in [5.74, 6) is -0.665. The normalized spacial score (nSPS) is 9.73. The molecule has 0 atom stereocenters. The van der Waals surface area contributed by atoms with Crippen molar-refractivity contribution in [3.8, 4) is 11.8 Å². The number of carbonyl (C=O) groups is 1. The molecule has 1 aromatic carbocycles. The van der Waals surface area contributed by atoms with Crippen LogP contribution in [0.5, 0.6) is 5.75 Å². The maximum absolute atomic E-state index is 10.7. The Hall–Kier alpha value is -2.02. The molecule has 1 aromatic rings. The van der Waals surface area contributed by atoms with Gasteiger partial charge in [-0.05, 0) is 32.0 Å². The minimum atomic E-state index is -1.07. The van der Waals surface area contributed by atoms with Crippen LogP contribution in [-0.2, 0) is 0 Å². The average molecular weight is 205 g/mol. The van der Waals surface area contributed by atoms with Crippen molar-refractivity contribution in [3.63, 3.8) is 0 Å². The number of carboxylic acids is 1. The van der Waals surface area contributed by atoms with Gasteiger partial charge in [0.05, 0.1) is 23.3 Å². The lowest BCUT2D eigenvalue weighted by Gasteiger charge is -2.10. The van der Waals surface area contributed by atoms with Gasteiger partial charge in [-0.2, -0.15) is 5.26 Å². The van der Waals surface area contributed by atoms with Crippen LogP contribution < -0.4 is 4.74 Å². The monoisotopic (exact) mass is 205 g/mol. The molecule has 1 rings (SSSR count). The molecule has 0 amide bonds. The van der Waals surface area contributed by atoms with Gasteiger partial charge in [-0.3, -0.25) is 0 Å². The first-order chi connectivity index (χ1) is 7.02. The van der Waals surface area contributed by atoms with Crippen LogP contribution in [0, 0.1) is 11.3 Å². The Morgan fingerprint density at radius 2 is 2.13 bits per heavy atom. The van der Waals surface area contributed by atoms with Crippen LogP contribution in [0.15, 0.2) is 18.2 Å². The minimum Gasteiger partial charge on any atom is -0.491 e. The van der Waals surface area contributed by atoms with Gasteiger partial charge in [-0.15, -0.1) is 0 Å². The van der Waals surface area contributed by atoms with Crippen molar-refractivity contribution in [2.24, 2.45) is 0 Å². The Balaban J connectivity index is 3.13. The fourth-order valence-electron chi connectivity index (χ4n) is 1.13. The number of carboxylic acid groups (broad SMARTS) is 1. The predicted molar refractivity (Wildman–Crippen MR) is 53.9 cm³/mol. The molecule has 0 fully saturated rings. The first-order valence-corrected chi connectivity index (χ1v) is 4.48. The van der Waals surface area contributed by atoms with Crippen LogP contribution in [0.25, 0.3) is 0 Å². The maximum atomic E-state index is 10.7. The van der Waals surface area contributed by atoms with Gasteiger partial charge in [0.1, 0.15) is 5.75 Å². The van der Waals surface area contributed by atoms with Gasteiger partial charge in [0.25, 0.3) is 0 Å². The van der Waals surface area contributed by atoms with E-state index in [1.54, 1.807) is 0 Å². The van der Waals surface area contributed by atoms with Crippen molar-refractivity contribution in [1.29, 1.82) is 5.26 Å². The second-order valence-electron chi connectivity index (χ2n) is 3.33. The average Bonchev–Trinajstić information content (AvgIpc) is 2.16. The highest BCUT2D eigenvalue weighted by molar-refractivity contribution is 5.88. The van der Waals surface area contributed by atoms with Gasteiger partial charge >= 0.3 is 5.97 Å². The fraction of sp³-hybridized carbons (Fsp3) is 0.273. The van der Waals surface area contributed by atoms with E-state index in [1.807, 2.05) is 19.9 Å². The number of nitrogens with zero attached hydrogens (tertiary/aromatic N) is 1. The summed E-state index contributed by atoms with van der Waals surface area (Å²) in [4.78, 5) is 10.7. The lowest BCUT2D eigenvalue weighted by atomic mass is 10.1. The van der Waals surface area contributed by atoms with E-state index >= 15 is 0 Å². The van der Waals surface area contributed by atoms with E-state index < -0.39 is 5.97 Å². The molecule has 0 spiro atoms. The smallest absolute Gasteiger partial charge is 0.335 e. The largest absolute Gasteiger partial charge is 0.491 e. The molecule has 0 radical (unpaired) electrons. The molecule has 0 saturated carbocycles. The minimum absolute atomic E-state index is 0.0550. The van der Waals surface area contributed by atoms with Crippen molar-refractivity contribution in [3.05, 3.63) is 29.3 Å². The highest BCUT2D eigenvalue weighted by Gasteiger charge is 2.08. The SMILES string of the molecule is CC(C)Oc1cc(C#N)cc(C(=O)O)c1. The lowest BCUT2D eigenvalue weighted by Crippen LogP contribution is -2.07. The van der Waals surface area contributed by atoms with Crippen LogP contribution >= 0.6 is 0 Å². The summed E-state index contributed by atoms with van der Waals surface area (Å²) < 4.78 is 5.33. The highest BCUT2D eigenvalue weighted by Crippen LogP contribution is 2.18. The summed E-state index contributed by atoms with van der Waals surface area (Å²) in [6, 6.07) is 6.13. The van der Waals surface area contributed by atoms with Crippen molar-refractivity contribution in [1.82, 2.24) is 0 Å². The fourth-order valence-corrected chi connectivity index (χ4v) is 1.13. The Morgan fingerprint density at radius 1 is 1.47 bits per heavy atom. The van der Waals surface area contributed by atoms with Gasteiger partial charge in [0.15, 0.2) is 0 Å². The summed E-state index contributed by atoms with van der Waals surface area (Å²) in [6.45, 7) is 3.67. The van der Waals surface area contributed by atoms with E-state index in [0.717, 1.165) is 0 Å². The number of aromatic carboxylic acids is 1. The van der Waals surface area contributed by atoms with Crippen LogP contribution in [0.1, 0.15) is 29.8 Å². The molecule has 4 nitrogen and oxygen atoms in total. The number of hydrogen-bond acceptors (Lipinski definition) is 3. The first kappa shape index (κ1) is 11.1. The summed E-state index contributed by atoms with van der Waals surface area (Å²) in [5.41, 5.74) is 0.343. The number of ether oxygens (including phenoxy) is 1. The lowest BCUT2D eigenvalue weighted by molar-refractivity contribution is 0.0696. The summed E-state index contributed by atoms with van der Waals surface area (Å²) >= 11 is 0. The van der Waals surface area contributed by atoms with Gasteiger partial charge in [0, 0.05) is 0 Å². The highest BCUT2D eigenvalue weighted by atomic mass is 16.5. The van der Waals surface area contributed by atoms with Gasteiger partial charge in [0.2, 0.25) is 0 Å². The number of hydrogen-bond donors (Lipinski definition) is 1. The molecule has 78 valence electrons. The molecule has 0 bridgehead atoms.